The molecule has 1 aliphatic heterocycles. The van der Waals surface area contributed by atoms with E-state index in [1.54, 1.807) is 0 Å². The van der Waals surface area contributed by atoms with Gasteiger partial charge in [0.05, 0.1) is 12.6 Å². The van der Waals surface area contributed by atoms with Crippen LogP contribution in [-0.2, 0) is 0 Å². The first-order chi connectivity index (χ1) is 16.2. The molecular weight excluding hydrogens is 408 g/mol. The lowest BCUT2D eigenvalue weighted by molar-refractivity contribution is 0.102. The van der Waals surface area contributed by atoms with Crippen molar-refractivity contribution in [2.45, 2.75) is 38.1 Å². The molecule has 5 atom stereocenters. The van der Waals surface area contributed by atoms with E-state index in [-0.39, 0.29) is 5.91 Å². The Morgan fingerprint density at radius 3 is 2.58 bits per heavy atom. The van der Waals surface area contributed by atoms with E-state index in [4.69, 9.17) is 4.74 Å². The molecule has 4 heteroatoms. The maximum Gasteiger partial charge on any atom is 0.255 e. The lowest BCUT2D eigenvalue weighted by atomic mass is 9.68. The molecule has 0 aromatic heterocycles. The van der Waals surface area contributed by atoms with Gasteiger partial charge in [-0.25, -0.2) is 0 Å². The normalized spacial score (nSPS) is 26.8. The number of rotatable bonds is 5. The summed E-state index contributed by atoms with van der Waals surface area (Å²) >= 11 is 0. The second-order valence-corrected chi connectivity index (χ2v) is 9.68. The van der Waals surface area contributed by atoms with Gasteiger partial charge in [0.1, 0.15) is 5.75 Å². The van der Waals surface area contributed by atoms with E-state index >= 15 is 0 Å². The van der Waals surface area contributed by atoms with Crippen LogP contribution in [0, 0.1) is 17.8 Å². The Bertz CT molecular complexity index is 1160. The second-order valence-electron chi connectivity index (χ2n) is 9.68. The number of carbonyl (C=O) groups is 1. The Labute approximate surface area is 195 Å². The smallest absolute Gasteiger partial charge is 0.255 e. The SMILES string of the molecule is CCOc1ccc(NC(=O)c2ccc3c(c2)[C@@H]2[C@H]4CC[C@@H](C4)[C@H]2[C@H](c2ccccc2)N3)cc1. The van der Waals surface area contributed by atoms with Crippen molar-refractivity contribution >= 4 is 17.3 Å². The summed E-state index contributed by atoms with van der Waals surface area (Å²) in [5.41, 5.74) is 5.40. The molecule has 168 valence electrons. The number of fused-ring (bicyclic) bond motifs is 7. The molecule has 33 heavy (non-hydrogen) atoms. The summed E-state index contributed by atoms with van der Waals surface area (Å²) in [6.07, 6.45) is 3.97. The minimum atomic E-state index is -0.0631. The van der Waals surface area contributed by atoms with Gasteiger partial charge >= 0.3 is 0 Å². The van der Waals surface area contributed by atoms with Crippen molar-refractivity contribution in [2.24, 2.45) is 17.8 Å². The third-order valence-electron chi connectivity index (χ3n) is 7.93. The molecule has 3 aliphatic rings. The molecule has 6 rings (SSSR count). The number of hydrogen-bond acceptors (Lipinski definition) is 3. The van der Waals surface area contributed by atoms with Gasteiger partial charge in [0.25, 0.3) is 5.91 Å². The van der Waals surface area contributed by atoms with Gasteiger partial charge in [-0.05, 0) is 103 Å². The highest BCUT2D eigenvalue weighted by Crippen LogP contribution is 2.63. The zero-order valence-electron chi connectivity index (χ0n) is 19.0. The fourth-order valence-corrected chi connectivity index (χ4v) is 6.62. The first-order valence-electron chi connectivity index (χ1n) is 12.2. The lowest BCUT2D eigenvalue weighted by Crippen LogP contribution is -2.35. The van der Waals surface area contributed by atoms with Crippen LogP contribution < -0.4 is 15.4 Å². The van der Waals surface area contributed by atoms with Crippen LogP contribution in [0.2, 0.25) is 0 Å². The van der Waals surface area contributed by atoms with Crippen LogP contribution in [0.25, 0.3) is 0 Å². The number of nitrogens with one attached hydrogen (secondary N) is 2. The van der Waals surface area contributed by atoms with Crippen molar-refractivity contribution < 1.29 is 9.53 Å². The summed E-state index contributed by atoms with van der Waals surface area (Å²) in [5, 5.41) is 6.91. The van der Waals surface area contributed by atoms with Gasteiger partial charge in [0, 0.05) is 16.9 Å². The van der Waals surface area contributed by atoms with Crippen LogP contribution in [0.15, 0.2) is 72.8 Å². The Morgan fingerprint density at radius 2 is 1.79 bits per heavy atom. The average Bonchev–Trinajstić information content (AvgIpc) is 3.48. The maximum absolute atomic E-state index is 13.1. The highest BCUT2D eigenvalue weighted by atomic mass is 16.5. The van der Waals surface area contributed by atoms with Crippen molar-refractivity contribution in [2.75, 3.05) is 17.2 Å². The third-order valence-corrected chi connectivity index (χ3v) is 7.93. The van der Waals surface area contributed by atoms with E-state index in [9.17, 15) is 4.79 Å². The van der Waals surface area contributed by atoms with Gasteiger partial charge in [0.15, 0.2) is 0 Å². The Morgan fingerprint density at radius 1 is 1.00 bits per heavy atom. The average molecular weight is 439 g/mol. The molecule has 0 radical (unpaired) electrons. The zero-order valence-corrected chi connectivity index (χ0v) is 19.0. The van der Waals surface area contributed by atoms with Crippen molar-refractivity contribution in [1.82, 2.24) is 0 Å². The van der Waals surface area contributed by atoms with Crippen molar-refractivity contribution in [3.63, 3.8) is 0 Å². The molecule has 1 amide bonds. The minimum Gasteiger partial charge on any atom is -0.494 e. The number of hydrogen-bond donors (Lipinski definition) is 2. The largest absolute Gasteiger partial charge is 0.494 e. The second kappa shape index (κ2) is 8.26. The van der Waals surface area contributed by atoms with Gasteiger partial charge < -0.3 is 15.4 Å². The standard InChI is InChI=1S/C29H30N2O2/c1-2-33-23-13-11-22(12-14-23)30-29(32)21-10-15-25-24(17-21)26-19-8-9-20(16-19)27(26)28(31-25)18-6-4-3-5-7-18/h3-7,10-15,17,19-20,26-28,31H,2,8-9,16H2,1H3,(H,30,32)/t19-,20-,26-,27+,28-/m0/s1. The first-order valence-corrected chi connectivity index (χ1v) is 12.2. The molecule has 3 aromatic rings. The van der Waals surface area contributed by atoms with Gasteiger partial charge in [-0.2, -0.15) is 0 Å². The minimum absolute atomic E-state index is 0.0631. The van der Waals surface area contributed by atoms with Crippen molar-refractivity contribution in [3.8, 4) is 5.75 Å². The molecule has 2 aliphatic carbocycles. The topological polar surface area (TPSA) is 50.4 Å². The predicted molar refractivity (Wildman–Crippen MR) is 132 cm³/mol. The monoisotopic (exact) mass is 438 g/mol. The molecule has 4 nitrogen and oxygen atoms in total. The van der Waals surface area contributed by atoms with E-state index in [2.05, 4.69) is 53.1 Å². The fraction of sp³-hybridized carbons (Fsp3) is 0.345. The summed E-state index contributed by atoms with van der Waals surface area (Å²) in [7, 11) is 0. The zero-order chi connectivity index (χ0) is 22.4. The van der Waals surface area contributed by atoms with Crippen LogP contribution in [0.4, 0.5) is 11.4 Å². The number of amides is 1. The first kappa shape index (κ1) is 20.3. The highest BCUT2D eigenvalue weighted by Gasteiger charge is 2.53. The van der Waals surface area contributed by atoms with Crippen molar-refractivity contribution in [3.05, 3.63) is 89.5 Å². The summed E-state index contributed by atoms with van der Waals surface area (Å²) < 4.78 is 5.50. The number of ether oxygens (including phenoxy) is 1. The predicted octanol–water partition coefficient (Wildman–Crippen LogP) is 6.63. The van der Waals surface area contributed by atoms with Gasteiger partial charge in [-0.3, -0.25) is 4.79 Å². The molecule has 3 aromatic carbocycles. The molecule has 2 saturated carbocycles. The molecule has 2 fully saturated rings. The van der Waals surface area contributed by atoms with E-state index in [0.717, 1.165) is 28.8 Å². The Hall–Kier alpha value is -3.27. The molecule has 2 N–H and O–H groups in total. The molecule has 0 unspecified atom stereocenters. The fourth-order valence-electron chi connectivity index (χ4n) is 6.62. The lowest BCUT2D eigenvalue weighted by Gasteiger charge is -2.43. The van der Waals surface area contributed by atoms with Crippen molar-refractivity contribution in [1.29, 1.82) is 0 Å². The van der Waals surface area contributed by atoms with Crippen LogP contribution >= 0.6 is 0 Å². The number of anilines is 2. The van der Waals surface area contributed by atoms with Crippen LogP contribution in [-0.4, -0.2) is 12.5 Å². The Balaban J connectivity index is 1.29. The Kier molecular flexibility index (Phi) is 5.09. The van der Waals surface area contributed by atoms with Gasteiger partial charge in [-0.1, -0.05) is 30.3 Å². The van der Waals surface area contributed by atoms with Crippen LogP contribution in [0.1, 0.15) is 59.6 Å². The van der Waals surface area contributed by atoms with Gasteiger partial charge in [-0.15, -0.1) is 0 Å². The van der Waals surface area contributed by atoms with E-state index in [1.807, 2.05) is 37.3 Å². The third kappa shape index (κ3) is 3.58. The van der Waals surface area contributed by atoms with Gasteiger partial charge in [0.2, 0.25) is 0 Å². The summed E-state index contributed by atoms with van der Waals surface area (Å²) in [6.45, 7) is 2.59. The summed E-state index contributed by atoms with van der Waals surface area (Å²) in [6, 6.07) is 25.0. The quantitative estimate of drug-likeness (QED) is 0.470. The molecular formula is C29H30N2O2. The maximum atomic E-state index is 13.1. The van der Waals surface area contributed by atoms with Crippen LogP contribution in [0.5, 0.6) is 5.75 Å². The molecule has 0 spiro atoms. The van der Waals surface area contributed by atoms with E-state index in [1.165, 1.54) is 36.1 Å². The molecule has 1 heterocycles. The number of benzene rings is 3. The number of carbonyl (C=O) groups excluding carboxylic acids is 1. The highest BCUT2D eigenvalue weighted by molar-refractivity contribution is 6.04. The molecule has 0 saturated heterocycles. The van der Waals surface area contributed by atoms with Crippen LogP contribution in [0.3, 0.4) is 0 Å². The molecule has 2 bridgehead atoms. The summed E-state index contributed by atoms with van der Waals surface area (Å²) in [4.78, 5) is 13.1. The summed E-state index contributed by atoms with van der Waals surface area (Å²) in [5.74, 6) is 3.38. The van der Waals surface area contributed by atoms with E-state index < -0.39 is 0 Å². The van der Waals surface area contributed by atoms with E-state index in [0.29, 0.717) is 24.5 Å².